The van der Waals surface area contributed by atoms with E-state index in [2.05, 4.69) is 11.1 Å². The third-order valence-electron chi connectivity index (χ3n) is 3.62. The van der Waals surface area contributed by atoms with Gasteiger partial charge in [0, 0.05) is 24.1 Å². The Kier molecular flexibility index (Phi) is 4.30. The van der Waals surface area contributed by atoms with E-state index in [1.54, 1.807) is 30.5 Å². The maximum absolute atomic E-state index is 11.4. The highest BCUT2D eigenvalue weighted by Crippen LogP contribution is 2.27. The molecule has 0 amide bonds. The number of allylic oxidation sites excluding steroid dienone is 3. The van der Waals surface area contributed by atoms with Crippen molar-refractivity contribution in [3.63, 3.8) is 0 Å². The molecule has 1 aromatic carbocycles. The summed E-state index contributed by atoms with van der Waals surface area (Å²) in [6.45, 7) is 0. The van der Waals surface area contributed by atoms with E-state index in [1.165, 1.54) is 6.26 Å². The normalized spacial score (nSPS) is 17.6. The van der Waals surface area contributed by atoms with Crippen molar-refractivity contribution in [3.8, 4) is 5.75 Å². The van der Waals surface area contributed by atoms with E-state index in [1.807, 2.05) is 30.4 Å². The first-order chi connectivity index (χ1) is 11.0. The second kappa shape index (κ2) is 6.38. The molecule has 0 aliphatic heterocycles. The molecule has 1 aliphatic rings. The lowest BCUT2D eigenvalue weighted by Gasteiger charge is -2.16. The molecule has 3 rings (SSSR count). The van der Waals surface area contributed by atoms with E-state index < -0.39 is 9.84 Å². The first kappa shape index (κ1) is 15.5. The van der Waals surface area contributed by atoms with Gasteiger partial charge in [-0.25, -0.2) is 8.42 Å². The molecule has 0 fully saturated rings. The van der Waals surface area contributed by atoms with Crippen LogP contribution in [0.1, 0.15) is 18.0 Å². The Morgan fingerprint density at radius 1 is 1.13 bits per heavy atom. The van der Waals surface area contributed by atoms with Gasteiger partial charge in [0.15, 0.2) is 9.84 Å². The molecule has 1 heterocycles. The Labute approximate surface area is 136 Å². The third kappa shape index (κ3) is 3.87. The number of hydrogen-bond donors (Lipinski definition) is 0. The molecular formula is C18H17NO3S. The summed E-state index contributed by atoms with van der Waals surface area (Å²) >= 11 is 0. The lowest BCUT2D eigenvalue weighted by molar-refractivity contribution is 0.437. The molecule has 0 spiro atoms. The molecule has 0 radical (unpaired) electrons. The minimum atomic E-state index is -3.18. The lowest BCUT2D eigenvalue weighted by atomic mass is 9.96. The maximum atomic E-state index is 11.4. The Morgan fingerprint density at radius 3 is 2.48 bits per heavy atom. The standard InChI is InChI=1S/C18H17NO3S/c1-23(20,21)17-11-9-16(10-12-17)22-15-7-5-14(6-8-15)18-4-2-3-13-19-18/h2-5,7-14H,6H2,1H3. The van der Waals surface area contributed by atoms with Crippen molar-refractivity contribution in [1.29, 1.82) is 0 Å². The van der Waals surface area contributed by atoms with E-state index >= 15 is 0 Å². The summed E-state index contributed by atoms with van der Waals surface area (Å²) in [6, 6.07) is 12.3. The maximum Gasteiger partial charge on any atom is 0.175 e. The van der Waals surface area contributed by atoms with Gasteiger partial charge in [0.05, 0.1) is 4.90 Å². The minimum absolute atomic E-state index is 0.260. The van der Waals surface area contributed by atoms with Crippen molar-refractivity contribution in [2.24, 2.45) is 0 Å². The number of hydrogen-bond acceptors (Lipinski definition) is 4. The SMILES string of the molecule is CS(=O)(=O)c1ccc(OC2=CCC(c3ccccn3)C=C2)cc1. The number of pyridine rings is 1. The van der Waals surface area contributed by atoms with Gasteiger partial charge < -0.3 is 4.74 Å². The molecule has 1 unspecified atom stereocenters. The van der Waals surface area contributed by atoms with E-state index in [4.69, 9.17) is 4.74 Å². The molecule has 5 heteroatoms. The van der Waals surface area contributed by atoms with Gasteiger partial charge in [0.2, 0.25) is 0 Å². The quantitative estimate of drug-likeness (QED) is 0.862. The summed E-state index contributed by atoms with van der Waals surface area (Å²) in [5.74, 6) is 1.63. The van der Waals surface area contributed by atoms with Gasteiger partial charge in [0.1, 0.15) is 11.5 Å². The number of aromatic nitrogens is 1. The average molecular weight is 327 g/mol. The summed E-state index contributed by atoms with van der Waals surface area (Å²) < 4.78 is 28.6. The van der Waals surface area contributed by atoms with E-state index in [0.717, 1.165) is 17.9 Å². The summed E-state index contributed by atoms with van der Waals surface area (Å²) in [5, 5.41) is 0. The van der Waals surface area contributed by atoms with Crippen LogP contribution in [0.4, 0.5) is 0 Å². The summed E-state index contributed by atoms with van der Waals surface area (Å²) in [7, 11) is -3.18. The van der Waals surface area contributed by atoms with Gasteiger partial charge in [0.25, 0.3) is 0 Å². The van der Waals surface area contributed by atoms with E-state index in [-0.39, 0.29) is 10.8 Å². The van der Waals surface area contributed by atoms with Crippen LogP contribution in [-0.4, -0.2) is 19.7 Å². The molecule has 23 heavy (non-hydrogen) atoms. The first-order valence-electron chi connectivity index (χ1n) is 7.29. The Hall–Kier alpha value is -2.40. The van der Waals surface area contributed by atoms with Gasteiger partial charge in [-0.05, 0) is 55.0 Å². The van der Waals surface area contributed by atoms with Crippen LogP contribution >= 0.6 is 0 Å². The topological polar surface area (TPSA) is 56.3 Å². The first-order valence-corrected chi connectivity index (χ1v) is 9.19. The largest absolute Gasteiger partial charge is 0.458 e. The molecule has 1 aliphatic carbocycles. The van der Waals surface area contributed by atoms with Crippen molar-refractivity contribution >= 4 is 9.84 Å². The highest BCUT2D eigenvalue weighted by molar-refractivity contribution is 7.90. The van der Waals surface area contributed by atoms with Crippen LogP contribution in [-0.2, 0) is 9.84 Å². The van der Waals surface area contributed by atoms with Crippen LogP contribution in [0.5, 0.6) is 5.75 Å². The lowest BCUT2D eigenvalue weighted by Crippen LogP contribution is -2.04. The van der Waals surface area contributed by atoms with E-state index in [0.29, 0.717) is 5.75 Å². The van der Waals surface area contributed by atoms with Crippen molar-refractivity contribution < 1.29 is 13.2 Å². The predicted molar refractivity (Wildman–Crippen MR) is 89.0 cm³/mol. The van der Waals surface area contributed by atoms with Crippen molar-refractivity contribution in [3.05, 3.63) is 78.3 Å². The highest BCUT2D eigenvalue weighted by Gasteiger charge is 2.13. The van der Waals surface area contributed by atoms with Gasteiger partial charge in [-0.15, -0.1) is 0 Å². The number of ether oxygens (including phenoxy) is 1. The smallest absolute Gasteiger partial charge is 0.175 e. The molecule has 2 aromatic rings. The number of sulfone groups is 1. The molecule has 0 saturated carbocycles. The van der Waals surface area contributed by atoms with Crippen LogP contribution in [0.3, 0.4) is 0 Å². The monoisotopic (exact) mass is 327 g/mol. The number of nitrogens with zero attached hydrogens (tertiary/aromatic N) is 1. The molecule has 4 nitrogen and oxygen atoms in total. The van der Waals surface area contributed by atoms with Gasteiger partial charge in [-0.1, -0.05) is 12.1 Å². The Balaban J connectivity index is 1.66. The molecule has 0 saturated heterocycles. The fourth-order valence-corrected chi connectivity index (χ4v) is 3.01. The summed E-state index contributed by atoms with van der Waals surface area (Å²) in [6.07, 6.45) is 9.82. The van der Waals surface area contributed by atoms with Gasteiger partial charge in [-0.3, -0.25) is 4.98 Å². The second-order valence-electron chi connectivity index (χ2n) is 5.41. The molecule has 118 valence electrons. The van der Waals surface area contributed by atoms with Crippen LogP contribution in [0, 0.1) is 0 Å². The summed E-state index contributed by atoms with van der Waals surface area (Å²) in [5.41, 5.74) is 1.04. The molecule has 1 aromatic heterocycles. The van der Waals surface area contributed by atoms with Crippen LogP contribution in [0.25, 0.3) is 0 Å². The zero-order chi connectivity index (χ0) is 16.3. The molecule has 0 N–H and O–H groups in total. The molecule has 1 atom stereocenters. The minimum Gasteiger partial charge on any atom is -0.458 e. The molecular weight excluding hydrogens is 310 g/mol. The zero-order valence-corrected chi connectivity index (χ0v) is 13.5. The molecule has 0 bridgehead atoms. The van der Waals surface area contributed by atoms with Crippen molar-refractivity contribution in [2.45, 2.75) is 17.2 Å². The van der Waals surface area contributed by atoms with Crippen LogP contribution < -0.4 is 4.74 Å². The Bertz CT molecular complexity index is 838. The number of rotatable bonds is 4. The Morgan fingerprint density at radius 2 is 1.91 bits per heavy atom. The fourth-order valence-electron chi connectivity index (χ4n) is 2.38. The number of benzene rings is 1. The van der Waals surface area contributed by atoms with Crippen LogP contribution in [0.15, 0.2) is 77.5 Å². The second-order valence-corrected chi connectivity index (χ2v) is 7.42. The fraction of sp³-hybridized carbons (Fsp3) is 0.167. The highest BCUT2D eigenvalue weighted by atomic mass is 32.2. The van der Waals surface area contributed by atoms with Crippen LogP contribution in [0.2, 0.25) is 0 Å². The van der Waals surface area contributed by atoms with Gasteiger partial charge >= 0.3 is 0 Å². The third-order valence-corrected chi connectivity index (χ3v) is 4.75. The van der Waals surface area contributed by atoms with Gasteiger partial charge in [-0.2, -0.15) is 0 Å². The average Bonchev–Trinajstić information content (AvgIpc) is 2.56. The van der Waals surface area contributed by atoms with Crippen molar-refractivity contribution in [1.82, 2.24) is 4.98 Å². The van der Waals surface area contributed by atoms with Crippen molar-refractivity contribution in [2.75, 3.05) is 6.26 Å². The summed E-state index contributed by atoms with van der Waals surface area (Å²) in [4.78, 5) is 4.65. The predicted octanol–water partition coefficient (Wildman–Crippen LogP) is 3.49. The zero-order valence-electron chi connectivity index (χ0n) is 12.7. The van der Waals surface area contributed by atoms with E-state index in [9.17, 15) is 8.42 Å².